The summed E-state index contributed by atoms with van der Waals surface area (Å²) in [4.78, 5) is 10.9. The van der Waals surface area contributed by atoms with Gasteiger partial charge in [0.1, 0.15) is 5.82 Å². The Morgan fingerprint density at radius 1 is 1.31 bits per heavy atom. The molecule has 3 heterocycles. The molecule has 2 aliphatic rings. The summed E-state index contributed by atoms with van der Waals surface area (Å²) in [6.07, 6.45) is 2.74. The van der Waals surface area contributed by atoms with E-state index < -0.39 is 0 Å². The summed E-state index contributed by atoms with van der Waals surface area (Å²) in [6, 6.07) is 7.75. The number of anilines is 1. The molecule has 1 unspecified atom stereocenters. The predicted octanol–water partition coefficient (Wildman–Crippen LogP) is 3.68. The van der Waals surface area contributed by atoms with Gasteiger partial charge in [-0.3, -0.25) is 4.99 Å². The van der Waals surface area contributed by atoms with E-state index in [0.29, 0.717) is 28.1 Å². The third-order valence-corrected chi connectivity index (χ3v) is 5.31. The van der Waals surface area contributed by atoms with Crippen LogP contribution in [-0.4, -0.2) is 43.9 Å². The number of ether oxygens (including phenoxy) is 2. The highest BCUT2D eigenvalue weighted by atomic mass is 127. The number of guanidine groups is 1. The molecule has 1 aromatic carbocycles. The van der Waals surface area contributed by atoms with Crippen LogP contribution in [0.3, 0.4) is 0 Å². The van der Waals surface area contributed by atoms with Gasteiger partial charge < -0.3 is 25.0 Å². The Kier molecular flexibility index (Phi) is 7.53. The van der Waals surface area contributed by atoms with Gasteiger partial charge in [-0.1, -0.05) is 23.2 Å². The van der Waals surface area contributed by atoms with E-state index in [9.17, 15) is 0 Å². The summed E-state index contributed by atoms with van der Waals surface area (Å²) < 4.78 is 10.8. The zero-order chi connectivity index (χ0) is 19.5. The van der Waals surface area contributed by atoms with Crippen molar-refractivity contribution in [3.05, 3.63) is 46.1 Å². The first kappa shape index (κ1) is 22.0. The molecule has 1 saturated heterocycles. The van der Waals surface area contributed by atoms with Crippen LogP contribution in [0.25, 0.3) is 0 Å². The third kappa shape index (κ3) is 5.10. The van der Waals surface area contributed by atoms with E-state index in [1.165, 1.54) is 0 Å². The highest BCUT2D eigenvalue weighted by Gasteiger charge is 2.25. The fourth-order valence-electron chi connectivity index (χ4n) is 3.38. The second-order valence-electron chi connectivity index (χ2n) is 6.62. The predicted molar refractivity (Wildman–Crippen MR) is 126 cm³/mol. The van der Waals surface area contributed by atoms with Gasteiger partial charge in [-0.2, -0.15) is 0 Å². The first-order valence-corrected chi connectivity index (χ1v) is 9.80. The van der Waals surface area contributed by atoms with Crippen molar-refractivity contribution in [3.8, 4) is 11.5 Å². The number of aromatic nitrogens is 1. The van der Waals surface area contributed by atoms with Crippen LogP contribution in [0.4, 0.5) is 5.82 Å². The van der Waals surface area contributed by atoms with Crippen molar-refractivity contribution < 1.29 is 9.47 Å². The Morgan fingerprint density at radius 2 is 2.17 bits per heavy atom. The highest BCUT2D eigenvalue weighted by Crippen LogP contribution is 2.39. The van der Waals surface area contributed by atoms with Crippen molar-refractivity contribution in [1.29, 1.82) is 0 Å². The van der Waals surface area contributed by atoms with Crippen LogP contribution < -0.4 is 25.0 Å². The zero-order valence-corrected chi connectivity index (χ0v) is 19.7. The summed E-state index contributed by atoms with van der Waals surface area (Å²) in [7, 11) is 1.75. The van der Waals surface area contributed by atoms with Gasteiger partial charge in [-0.25, -0.2) is 4.98 Å². The average Bonchev–Trinajstić information content (AvgIpc) is 3.35. The van der Waals surface area contributed by atoms with Crippen molar-refractivity contribution in [2.75, 3.05) is 31.8 Å². The molecule has 1 atom stereocenters. The molecular formula is C19H22Cl2IN5O2. The van der Waals surface area contributed by atoms with Gasteiger partial charge >= 0.3 is 0 Å². The molecule has 1 fully saturated rings. The first-order valence-electron chi connectivity index (χ1n) is 9.04. The van der Waals surface area contributed by atoms with Crippen molar-refractivity contribution in [1.82, 2.24) is 15.6 Å². The number of rotatable bonds is 4. The van der Waals surface area contributed by atoms with Crippen molar-refractivity contribution in [2.24, 2.45) is 4.99 Å². The maximum atomic E-state index is 6.27. The molecule has 10 heteroatoms. The molecule has 0 spiro atoms. The van der Waals surface area contributed by atoms with Crippen molar-refractivity contribution in [3.63, 3.8) is 0 Å². The normalized spacial score (nSPS) is 17.8. The van der Waals surface area contributed by atoms with Crippen LogP contribution in [0, 0.1) is 0 Å². The summed E-state index contributed by atoms with van der Waals surface area (Å²) >= 11 is 12.5. The number of aliphatic imine (C=N–C) groups is 1. The molecule has 156 valence electrons. The maximum Gasteiger partial charge on any atom is 0.231 e. The molecule has 7 nitrogen and oxygen atoms in total. The van der Waals surface area contributed by atoms with Crippen LogP contribution in [0.5, 0.6) is 11.5 Å². The minimum Gasteiger partial charge on any atom is -0.454 e. The molecule has 0 aliphatic carbocycles. The number of fused-ring (bicyclic) bond motifs is 1. The molecule has 29 heavy (non-hydrogen) atoms. The van der Waals surface area contributed by atoms with E-state index in [2.05, 4.69) is 25.5 Å². The number of nitrogens with one attached hydrogen (secondary N) is 2. The van der Waals surface area contributed by atoms with E-state index in [0.717, 1.165) is 36.9 Å². The Hall–Kier alpha value is -1.65. The first-order chi connectivity index (χ1) is 13.6. The molecule has 0 bridgehead atoms. The molecule has 4 rings (SSSR count). The second-order valence-corrected chi connectivity index (χ2v) is 7.44. The molecular weight excluding hydrogens is 528 g/mol. The topological polar surface area (TPSA) is 71.0 Å². The fourth-order valence-corrected chi connectivity index (χ4v) is 3.91. The minimum atomic E-state index is 0. The number of pyridine rings is 1. The number of hydrogen-bond donors (Lipinski definition) is 2. The van der Waals surface area contributed by atoms with E-state index >= 15 is 0 Å². The molecule has 2 N–H and O–H groups in total. The SMILES string of the molecule is CN=C(NCc1cc(Cl)c2c(c1)OCO2)NC1CCN(c2ncccc2Cl)C1.I. The molecule has 2 aromatic rings. The van der Waals surface area contributed by atoms with Crippen LogP contribution in [-0.2, 0) is 6.54 Å². The number of hydrogen-bond acceptors (Lipinski definition) is 5. The quantitative estimate of drug-likeness (QED) is 0.344. The van der Waals surface area contributed by atoms with Gasteiger partial charge in [0, 0.05) is 38.9 Å². The van der Waals surface area contributed by atoms with Gasteiger partial charge in [0.05, 0.1) is 10.0 Å². The van der Waals surface area contributed by atoms with Gasteiger partial charge in [-0.15, -0.1) is 24.0 Å². The van der Waals surface area contributed by atoms with E-state index in [-0.39, 0.29) is 36.8 Å². The average molecular weight is 550 g/mol. The lowest BCUT2D eigenvalue weighted by atomic mass is 10.2. The largest absolute Gasteiger partial charge is 0.454 e. The highest BCUT2D eigenvalue weighted by molar-refractivity contribution is 14.0. The van der Waals surface area contributed by atoms with Crippen LogP contribution in [0.2, 0.25) is 10.0 Å². The lowest BCUT2D eigenvalue weighted by Crippen LogP contribution is -2.44. The summed E-state index contributed by atoms with van der Waals surface area (Å²) in [5.74, 6) is 2.83. The fraction of sp³-hybridized carbons (Fsp3) is 0.368. The lowest BCUT2D eigenvalue weighted by molar-refractivity contribution is 0.174. The summed E-state index contributed by atoms with van der Waals surface area (Å²) in [5, 5.41) is 8.00. The van der Waals surface area contributed by atoms with Crippen molar-refractivity contribution >= 4 is 59.0 Å². The van der Waals surface area contributed by atoms with Crippen LogP contribution in [0.1, 0.15) is 12.0 Å². The second kappa shape index (κ2) is 9.90. The number of benzene rings is 1. The third-order valence-electron chi connectivity index (χ3n) is 4.74. The minimum absolute atomic E-state index is 0. The lowest BCUT2D eigenvalue weighted by Gasteiger charge is -2.20. The van der Waals surface area contributed by atoms with E-state index in [1.807, 2.05) is 24.3 Å². The zero-order valence-electron chi connectivity index (χ0n) is 15.8. The van der Waals surface area contributed by atoms with Crippen molar-refractivity contribution in [2.45, 2.75) is 19.0 Å². The monoisotopic (exact) mass is 549 g/mol. The summed E-state index contributed by atoms with van der Waals surface area (Å²) in [6.45, 7) is 2.47. The van der Waals surface area contributed by atoms with Crippen LogP contribution in [0.15, 0.2) is 35.5 Å². The Balaban J connectivity index is 0.00000240. The Labute approximate surface area is 196 Å². The van der Waals surface area contributed by atoms with E-state index in [1.54, 1.807) is 13.2 Å². The molecule has 0 saturated carbocycles. The summed E-state index contributed by atoms with van der Waals surface area (Å²) in [5.41, 5.74) is 0.991. The van der Waals surface area contributed by atoms with Gasteiger partial charge in [-0.05, 0) is 36.2 Å². The van der Waals surface area contributed by atoms with E-state index in [4.69, 9.17) is 32.7 Å². The standard InChI is InChI=1S/C19H21Cl2N5O2.HI/c1-22-19(24-9-12-7-15(21)17-16(8-12)27-11-28-17)25-13-4-6-26(10-13)18-14(20)3-2-5-23-18;/h2-3,5,7-8,13H,4,6,9-11H2,1H3,(H2,22,24,25);1H. The Bertz CT molecular complexity index is 899. The molecule has 0 amide bonds. The molecule has 1 aromatic heterocycles. The van der Waals surface area contributed by atoms with Crippen LogP contribution >= 0.6 is 47.2 Å². The van der Waals surface area contributed by atoms with Gasteiger partial charge in [0.15, 0.2) is 17.5 Å². The Morgan fingerprint density at radius 3 is 2.97 bits per heavy atom. The number of halogens is 3. The molecule has 2 aliphatic heterocycles. The number of nitrogens with zero attached hydrogens (tertiary/aromatic N) is 3. The maximum absolute atomic E-state index is 6.27. The van der Waals surface area contributed by atoms with Gasteiger partial charge in [0.25, 0.3) is 0 Å². The molecule has 0 radical (unpaired) electrons. The van der Waals surface area contributed by atoms with Gasteiger partial charge in [0.2, 0.25) is 6.79 Å². The smallest absolute Gasteiger partial charge is 0.231 e.